The molecule has 2 aromatic heterocycles. The van der Waals surface area contributed by atoms with Crippen LogP contribution in [0, 0.1) is 0 Å². The summed E-state index contributed by atoms with van der Waals surface area (Å²) in [6.07, 6.45) is -13.0. The molecule has 4 aromatic rings. The van der Waals surface area contributed by atoms with Gasteiger partial charge in [-0.05, 0) is 71.6 Å². The van der Waals surface area contributed by atoms with E-state index >= 15 is 26.3 Å². The number of nitrogens with zero attached hydrogens (tertiary/aromatic N) is 4. The molecule has 18 heteroatoms. The van der Waals surface area contributed by atoms with Crippen molar-refractivity contribution in [2.75, 3.05) is 11.5 Å². The number of anilines is 1. The van der Waals surface area contributed by atoms with E-state index in [1.165, 1.54) is 53.7 Å². The van der Waals surface area contributed by atoms with Gasteiger partial charge in [-0.2, -0.15) is 31.2 Å². The Bertz CT molecular complexity index is 2050. The first-order valence-electron chi connectivity index (χ1n) is 18.5. The summed E-state index contributed by atoms with van der Waals surface area (Å²) in [5.41, 5.74) is -8.16. The molecular weight excluding hydrogens is 790 g/mol. The van der Waals surface area contributed by atoms with Crippen LogP contribution in [0.3, 0.4) is 0 Å². The number of pyridine rings is 1. The number of carbonyl (C=O) groups is 2. The number of rotatable bonds is 8. The van der Waals surface area contributed by atoms with Gasteiger partial charge < -0.3 is 28.1 Å². The SMILES string of the molecule is CC(C)(C)OC(=O)N(C(=O)OC(C)(C)C)c1cc(C(F)(F)F)c2nc1-c1nnc(o1)[C@@](OCc1ccccc1)(C(F)(F)F)CCC=CC[C@H](COCc1ccccc1)O2. The van der Waals surface area contributed by atoms with Gasteiger partial charge in [0.2, 0.25) is 11.5 Å². The molecule has 318 valence electrons. The Hall–Kier alpha value is -5.49. The summed E-state index contributed by atoms with van der Waals surface area (Å²) in [7, 11) is 0. The first-order chi connectivity index (χ1) is 27.6. The normalized spacial score (nSPS) is 17.7. The number of imide groups is 1. The summed E-state index contributed by atoms with van der Waals surface area (Å²) in [6.45, 7) is 7.80. The minimum absolute atomic E-state index is 0.0481. The number of carbonyl (C=O) groups excluding carboxylic acids is 2. The zero-order valence-corrected chi connectivity index (χ0v) is 33.1. The molecule has 12 nitrogen and oxygen atoms in total. The molecule has 5 rings (SSSR count). The highest BCUT2D eigenvalue weighted by Crippen LogP contribution is 2.48. The van der Waals surface area contributed by atoms with Gasteiger partial charge in [0.05, 0.1) is 25.5 Å². The molecule has 0 saturated heterocycles. The molecule has 0 unspecified atom stereocenters. The van der Waals surface area contributed by atoms with E-state index in [-0.39, 0.29) is 31.0 Å². The summed E-state index contributed by atoms with van der Waals surface area (Å²) in [6, 6.07) is 17.2. The minimum Gasteiger partial charge on any atom is -0.471 e. The maximum atomic E-state index is 15.4. The summed E-state index contributed by atoms with van der Waals surface area (Å²) >= 11 is 0. The van der Waals surface area contributed by atoms with Crippen molar-refractivity contribution in [1.82, 2.24) is 15.2 Å². The Kier molecular flexibility index (Phi) is 13.4. The summed E-state index contributed by atoms with van der Waals surface area (Å²) in [5.74, 6) is -3.14. The number of aromatic nitrogens is 3. The van der Waals surface area contributed by atoms with Crippen LogP contribution in [0.25, 0.3) is 11.6 Å². The van der Waals surface area contributed by atoms with Crippen LogP contribution in [0.2, 0.25) is 0 Å². The fourth-order valence-corrected chi connectivity index (χ4v) is 5.68. The molecular formula is C41H44F6N4O8. The number of amides is 2. The number of hydrogen-bond acceptors (Lipinski definition) is 11. The fraction of sp³-hybridized carbons (Fsp3) is 0.439. The second-order valence-corrected chi connectivity index (χ2v) is 15.5. The van der Waals surface area contributed by atoms with E-state index in [1.807, 2.05) is 0 Å². The molecule has 2 aromatic carbocycles. The van der Waals surface area contributed by atoms with E-state index in [2.05, 4.69) is 15.2 Å². The molecule has 2 amide bonds. The predicted molar refractivity (Wildman–Crippen MR) is 200 cm³/mol. The van der Waals surface area contributed by atoms with Crippen LogP contribution >= 0.6 is 0 Å². The van der Waals surface area contributed by atoms with Crippen molar-refractivity contribution in [3.05, 3.63) is 101 Å². The standard InChI is InChI=1S/C41H44F6N4O8/c1-37(2,3)58-35(52)51(36(53)59-38(4,5)6)30-22-29(40(42,43)44)32-48-31(30)33-49-50-34(57-33)39(41(45,46)47,55-24-27-18-12-8-13-19-27)21-15-9-14-20-28(56-32)25-54-23-26-16-10-7-11-17-26/h7-14,16-19,22,28H,15,20-21,23-25H2,1-6H3/t28-,39-/m1/s1. The number of fused-ring (bicyclic) bond motifs is 5. The van der Waals surface area contributed by atoms with Crippen LogP contribution < -0.4 is 9.64 Å². The van der Waals surface area contributed by atoms with Crippen molar-refractivity contribution in [2.45, 2.75) is 109 Å². The monoisotopic (exact) mass is 834 g/mol. The lowest BCUT2D eigenvalue weighted by atomic mass is 9.95. The molecule has 0 radical (unpaired) electrons. The van der Waals surface area contributed by atoms with Gasteiger partial charge >= 0.3 is 24.5 Å². The topological polar surface area (TPSA) is 135 Å². The number of halogens is 6. The molecule has 2 atom stereocenters. The Balaban J connectivity index is 1.75. The fourth-order valence-electron chi connectivity index (χ4n) is 5.68. The zero-order valence-electron chi connectivity index (χ0n) is 33.1. The predicted octanol–water partition coefficient (Wildman–Crippen LogP) is 10.5. The molecule has 0 N–H and O–H groups in total. The van der Waals surface area contributed by atoms with E-state index in [0.29, 0.717) is 11.6 Å². The molecule has 0 aliphatic carbocycles. The highest BCUT2D eigenvalue weighted by atomic mass is 19.4. The summed E-state index contributed by atoms with van der Waals surface area (Å²) < 4.78 is 125. The van der Waals surface area contributed by atoms with Crippen molar-refractivity contribution in [3.8, 4) is 17.5 Å². The summed E-state index contributed by atoms with van der Waals surface area (Å²) in [4.78, 5) is 31.8. The number of hydrogen-bond donors (Lipinski definition) is 0. The van der Waals surface area contributed by atoms with Crippen LogP contribution in [-0.2, 0) is 43.9 Å². The van der Waals surface area contributed by atoms with Gasteiger partial charge in [-0.25, -0.2) is 14.6 Å². The van der Waals surface area contributed by atoms with E-state index in [9.17, 15) is 9.59 Å². The van der Waals surface area contributed by atoms with E-state index < -0.39 is 95.1 Å². The Labute approximate surface area is 336 Å². The molecule has 3 heterocycles. The number of ether oxygens (including phenoxy) is 5. The van der Waals surface area contributed by atoms with Crippen LogP contribution in [-0.4, -0.2) is 57.5 Å². The molecule has 0 saturated carbocycles. The van der Waals surface area contributed by atoms with Crippen molar-refractivity contribution >= 4 is 17.9 Å². The first kappa shape index (κ1) is 44.6. The molecule has 0 spiro atoms. The number of allylic oxidation sites excluding steroid dienone is 1. The number of alkyl halides is 6. The second-order valence-electron chi connectivity index (χ2n) is 15.5. The van der Waals surface area contributed by atoms with E-state index in [1.54, 1.807) is 60.7 Å². The average molecular weight is 835 g/mol. The van der Waals surface area contributed by atoms with Crippen LogP contribution in [0.4, 0.5) is 41.6 Å². The quantitative estimate of drug-likeness (QED) is 0.124. The third-order valence-electron chi connectivity index (χ3n) is 8.35. The average Bonchev–Trinajstić information content (AvgIpc) is 3.61. The largest absolute Gasteiger partial charge is 0.471 e. The molecule has 59 heavy (non-hydrogen) atoms. The Morgan fingerprint density at radius 2 is 1.39 bits per heavy atom. The van der Waals surface area contributed by atoms with Crippen LogP contribution in [0.5, 0.6) is 5.88 Å². The zero-order chi connectivity index (χ0) is 43.2. The molecule has 1 aliphatic rings. The molecule has 0 fully saturated rings. The van der Waals surface area contributed by atoms with Crippen molar-refractivity contribution < 1.29 is 64.0 Å². The van der Waals surface area contributed by atoms with Gasteiger partial charge in [0.1, 0.15) is 22.9 Å². The lowest BCUT2D eigenvalue weighted by Crippen LogP contribution is -2.45. The van der Waals surface area contributed by atoms with E-state index in [0.717, 1.165) is 5.56 Å². The van der Waals surface area contributed by atoms with Gasteiger partial charge in [0, 0.05) is 6.42 Å². The van der Waals surface area contributed by atoms with Crippen molar-refractivity contribution in [2.24, 2.45) is 0 Å². The molecule has 1 aliphatic heterocycles. The lowest BCUT2D eigenvalue weighted by molar-refractivity contribution is -0.299. The van der Waals surface area contributed by atoms with Crippen LogP contribution in [0.15, 0.2) is 83.3 Å². The highest BCUT2D eigenvalue weighted by molar-refractivity contribution is 6.11. The third-order valence-corrected chi connectivity index (χ3v) is 8.35. The minimum atomic E-state index is -5.25. The van der Waals surface area contributed by atoms with Gasteiger partial charge in [0.25, 0.3) is 11.8 Å². The van der Waals surface area contributed by atoms with Gasteiger partial charge in [-0.15, -0.1) is 10.2 Å². The highest BCUT2D eigenvalue weighted by Gasteiger charge is 2.61. The maximum Gasteiger partial charge on any atom is 0.426 e. The Morgan fingerprint density at radius 1 is 0.814 bits per heavy atom. The summed E-state index contributed by atoms with van der Waals surface area (Å²) in [5, 5.41) is 7.48. The lowest BCUT2D eigenvalue weighted by Gasteiger charge is -2.32. The van der Waals surface area contributed by atoms with Crippen molar-refractivity contribution in [1.29, 1.82) is 0 Å². The van der Waals surface area contributed by atoms with E-state index in [4.69, 9.17) is 28.1 Å². The smallest absolute Gasteiger partial charge is 0.426 e. The van der Waals surface area contributed by atoms with Gasteiger partial charge in [-0.3, -0.25) is 0 Å². The number of benzene rings is 2. The van der Waals surface area contributed by atoms with Gasteiger partial charge in [-0.1, -0.05) is 72.8 Å². The second kappa shape index (κ2) is 17.8. The van der Waals surface area contributed by atoms with Gasteiger partial charge in [0.15, 0.2) is 5.69 Å². The Morgan fingerprint density at radius 3 is 1.93 bits per heavy atom. The maximum absolute atomic E-state index is 15.4. The van der Waals surface area contributed by atoms with Crippen molar-refractivity contribution in [3.63, 3.8) is 0 Å². The molecule has 4 bridgehead atoms. The third kappa shape index (κ3) is 11.6. The first-order valence-corrected chi connectivity index (χ1v) is 18.5. The van der Waals surface area contributed by atoms with Crippen LogP contribution in [0.1, 0.15) is 83.4 Å².